The van der Waals surface area contributed by atoms with Gasteiger partial charge >= 0.3 is 0 Å². The van der Waals surface area contributed by atoms with Gasteiger partial charge in [-0.2, -0.15) is 9.57 Å². The van der Waals surface area contributed by atoms with Crippen LogP contribution in [0.1, 0.15) is 5.56 Å². The summed E-state index contributed by atoms with van der Waals surface area (Å²) in [4.78, 5) is 0.0143. The lowest BCUT2D eigenvalue weighted by molar-refractivity contribution is 0.448. The van der Waals surface area contributed by atoms with Gasteiger partial charge in [0.2, 0.25) is 10.0 Å². The molecule has 2 saturated heterocycles. The Bertz CT molecular complexity index is 671. The molecule has 0 spiro atoms. The van der Waals surface area contributed by atoms with Crippen molar-refractivity contribution in [2.24, 2.45) is 11.8 Å². The van der Waals surface area contributed by atoms with E-state index in [0.29, 0.717) is 24.9 Å². The fourth-order valence-electron chi connectivity index (χ4n) is 2.98. The van der Waals surface area contributed by atoms with E-state index in [1.54, 1.807) is 6.07 Å². The number of hydrogen-bond acceptors (Lipinski definition) is 4. The van der Waals surface area contributed by atoms with Crippen LogP contribution in [0.5, 0.6) is 0 Å². The molecule has 0 unspecified atom stereocenters. The second-order valence-corrected chi connectivity index (χ2v) is 7.54. The van der Waals surface area contributed by atoms with Crippen LogP contribution < -0.4 is 5.32 Å². The number of nitrogens with one attached hydrogen (secondary N) is 1. The molecule has 0 bridgehead atoms. The molecule has 2 atom stereocenters. The number of nitriles is 1. The number of hydrogen-bond donors (Lipinski definition) is 1. The molecule has 5 nitrogen and oxygen atoms in total. The number of halogens is 1. The minimum absolute atomic E-state index is 0.0143. The Morgan fingerprint density at radius 2 is 1.95 bits per heavy atom. The first-order valence-corrected chi connectivity index (χ1v) is 8.25. The molecule has 0 radical (unpaired) electrons. The number of sulfonamides is 1. The fourth-order valence-corrected chi connectivity index (χ4v) is 4.97. The molecule has 2 fully saturated rings. The molecule has 1 aromatic carbocycles. The van der Waals surface area contributed by atoms with Gasteiger partial charge in [-0.1, -0.05) is 17.7 Å². The van der Waals surface area contributed by atoms with Gasteiger partial charge in [-0.3, -0.25) is 0 Å². The third-order valence-corrected chi connectivity index (χ3v) is 6.25. The number of benzene rings is 1. The molecule has 2 aliphatic rings. The van der Waals surface area contributed by atoms with Crippen LogP contribution in [0.25, 0.3) is 0 Å². The quantitative estimate of drug-likeness (QED) is 0.886. The first kappa shape index (κ1) is 13.8. The van der Waals surface area contributed by atoms with E-state index in [9.17, 15) is 8.42 Å². The molecule has 3 rings (SSSR count). The van der Waals surface area contributed by atoms with Crippen molar-refractivity contribution in [2.45, 2.75) is 4.90 Å². The average molecular weight is 312 g/mol. The Morgan fingerprint density at radius 1 is 1.30 bits per heavy atom. The Kier molecular flexibility index (Phi) is 3.46. The van der Waals surface area contributed by atoms with Crippen LogP contribution in [0.4, 0.5) is 0 Å². The standard InChI is InChI=1S/C13H14ClN3O2S/c14-12-2-1-3-13(11(12)4-15)20(18,19)17-7-9-5-16-6-10(9)8-17/h1-3,9-10,16H,5-8H2/t9-,10+. The minimum Gasteiger partial charge on any atom is -0.316 e. The summed E-state index contributed by atoms with van der Waals surface area (Å²) in [5.74, 6) is 0.740. The van der Waals surface area contributed by atoms with Crippen molar-refractivity contribution in [1.29, 1.82) is 5.26 Å². The Balaban J connectivity index is 1.98. The van der Waals surface area contributed by atoms with E-state index in [2.05, 4.69) is 5.32 Å². The van der Waals surface area contributed by atoms with Gasteiger partial charge in [0.1, 0.15) is 11.0 Å². The van der Waals surface area contributed by atoms with Crippen LogP contribution in [-0.4, -0.2) is 38.9 Å². The maximum Gasteiger partial charge on any atom is 0.244 e. The third kappa shape index (κ3) is 2.11. The third-order valence-electron chi connectivity index (χ3n) is 4.06. The molecule has 106 valence electrons. The monoisotopic (exact) mass is 311 g/mol. The molecular weight excluding hydrogens is 298 g/mol. The highest BCUT2D eigenvalue weighted by Gasteiger charge is 2.42. The van der Waals surface area contributed by atoms with Crippen molar-refractivity contribution in [2.75, 3.05) is 26.2 Å². The summed E-state index contributed by atoms with van der Waals surface area (Å²) in [5, 5.41) is 12.6. The van der Waals surface area contributed by atoms with Crippen LogP contribution in [0.15, 0.2) is 23.1 Å². The van der Waals surface area contributed by atoms with Gasteiger partial charge in [0.25, 0.3) is 0 Å². The summed E-state index contributed by atoms with van der Waals surface area (Å²) in [6.45, 7) is 2.74. The van der Waals surface area contributed by atoms with Gasteiger partial charge in [-0.15, -0.1) is 0 Å². The fraction of sp³-hybridized carbons (Fsp3) is 0.462. The maximum absolute atomic E-state index is 12.7. The first-order chi connectivity index (χ1) is 9.54. The van der Waals surface area contributed by atoms with Crippen molar-refractivity contribution >= 4 is 21.6 Å². The highest BCUT2D eigenvalue weighted by Crippen LogP contribution is 2.33. The van der Waals surface area contributed by atoms with E-state index in [1.807, 2.05) is 6.07 Å². The van der Waals surface area contributed by atoms with Gasteiger partial charge in [0.15, 0.2) is 0 Å². The summed E-state index contributed by atoms with van der Waals surface area (Å²) in [6.07, 6.45) is 0. The van der Waals surface area contributed by atoms with Gasteiger partial charge in [0.05, 0.1) is 10.6 Å². The second-order valence-electron chi connectivity index (χ2n) is 5.23. The number of rotatable bonds is 2. The number of nitrogens with zero attached hydrogens (tertiary/aromatic N) is 2. The van der Waals surface area contributed by atoms with Crippen molar-refractivity contribution in [3.05, 3.63) is 28.8 Å². The maximum atomic E-state index is 12.7. The lowest BCUT2D eigenvalue weighted by atomic mass is 10.0. The van der Waals surface area contributed by atoms with E-state index in [4.69, 9.17) is 16.9 Å². The molecule has 2 heterocycles. The summed E-state index contributed by atoms with van der Waals surface area (Å²) < 4.78 is 26.9. The smallest absolute Gasteiger partial charge is 0.244 e. The number of fused-ring (bicyclic) bond motifs is 1. The van der Waals surface area contributed by atoms with E-state index in [1.165, 1.54) is 16.4 Å². The summed E-state index contributed by atoms with van der Waals surface area (Å²) in [7, 11) is -3.65. The minimum atomic E-state index is -3.65. The first-order valence-electron chi connectivity index (χ1n) is 6.43. The Labute approximate surface area is 123 Å². The van der Waals surface area contributed by atoms with Crippen molar-refractivity contribution < 1.29 is 8.42 Å². The largest absolute Gasteiger partial charge is 0.316 e. The molecule has 0 aliphatic carbocycles. The molecule has 7 heteroatoms. The van der Waals surface area contributed by atoms with Crippen molar-refractivity contribution in [3.8, 4) is 6.07 Å². The molecule has 0 saturated carbocycles. The summed E-state index contributed by atoms with van der Waals surface area (Å²) in [5.41, 5.74) is 0.0318. The van der Waals surface area contributed by atoms with E-state index >= 15 is 0 Å². The topological polar surface area (TPSA) is 73.2 Å². The molecule has 0 aromatic heterocycles. The van der Waals surface area contributed by atoms with E-state index < -0.39 is 10.0 Å². The molecule has 1 N–H and O–H groups in total. The predicted octanol–water partition coefficient (Wildman–Crippen LogP) is 1.05. The molecule has 0 amide bonds. The van der Waals surface area contributed by atoms with Gasteiger partial charge in [0, 0.05) is 13.1 Å². The predicted molar refractivity (Wildman–Crippen MR) is 74.8 cm³/mol. The van der Waals surface area contributed by atoms with Gasteiger partial charge in [-0.25, -0.2) is 8.42 Å². The zero-order valence-corrected chi connectivity index (χ0v) is 12.3. The van der Waals surface area contributed by atoms with Crippen LogP contribution in [0.2, 0.25) is 5.02 Å². The van der Waals surface area contributed by atoms with Crippen molar-refractivity contribution in [1.82, 2.24) is 9.62 Å². The molecular formula is C13H14ClN3O2S. The highest BCUT2D eigenvalue weighted by molar-refractivity contribution is 7.89. The van der Waals surface area contributed by atoms with Crippen LogP contribution in [0.3, 0.4) is 0 Å². The van der Waals surface area contributed by atoms with Crippen LogP contribution >= 0.6 is 11.6 Å². The molecule has 20 heavy (non-hydrogen) atoms. The summed E-state index contributed by atoms with van der Waals surface area (Å²) in [6, 6.07) is 6.44. The Morgan fingerprint density at radius 3 is 2.55 bits per heavy atom. The van der Waals surface area contributed by atoms with Gasteiger partial charge < -0.3 is 5.32 Å². The average Bonchev–Trinajstić information content (AvgIpc) is 2.99. The zero-order chi connectivity index (χ0) is 14.3. The Hall–Kier alpha value is -1.13. The lowest BCUT2D eigenvalue weighted by Gasteiger charge is -2.18. The van der Waals surface area contributed by atoms with Crippen LogP contribution in [-0.2, 0) is 10.0 Å². The molecule has 1 aromatic rings. The molecule has 2 aliphatic heterocycles. The van der Waals surface area contributed by atoms with Gasteiger partial charge in [-0.05, 0) is 37.1 Å². The SMILES string of the molecule is N#Cc1c(Cl)cccc1S(=O)(=O)N1C[C@H]2CNC[C@H]2C1. The van der Waals surface area contributed by atoms with Crippen molar-refractivity contribution in [3.63, 3.8) is 0 Å². The van der Waals surface area contributed by atoms with E-state index in [-0.39, 0.29) is 15.5 Å². The lowest BCUT2D eigenvalue weighted by Crippen LogP contribution is -2.32. The normalized spacial score (nSPS) is 26.4. The highest BCUT2D eigenvalue weighted by atomic mass is 35.5. The zero-order valence-electron chi connectivity index (χ0n) is 10.7. The second kappa shape index (κ2) is 5.01. The summed E-state index contributed by atoms with van der Waals surface area (Å²) >= 11 is 5.92. The van der Waals surface area contributed by atoms with Crippen LogP contribution in [0, 0.1) is 23.2 Å². The van der Waals surface area contributed by atoms with E-state index in [0.717, 1.165) is 13.1 Å².